The van der Waals surface area contributed by atoms with E-state index in [-0.39, 0.29) is 0 Å². The van der Waals surface area contributed by atoms with Crippen molar-refractivity contribution in [3.63, 3.8) is 0 Å². The molecule has 20 heavy (non-hydrogen) atoms. The van der Waals surface area contributed by atoms with E-state index in [1.807, 2.05) is 35.2 Å². The first-order valence-electron chi connectivity index (χ1n) is 5.38. The van der Waals surface area contributed by atoms with E-state index in [0.29, 0.717) is 0 Å². The second-order valence-corrected chi connectivity index (χ2v) is 4.88. The minimum atomic E-state index is -6.09. The highest BCUT2D eigenvalue weighted by atomic mass is 32.2. The number of halogens is 3. The fraction of sp³-hybridized carbons (Fsp3) is 0.250. The Kier molecular flexibility index (Phi) is 7.16. The van der Waals surface area contributed by atoms with Gasteiger partial charge in [-0.05, 0) is 13.0 Å². The summed E-state index contributed by atoms with van der Waals surface area (Å²) in [6, 6.07) is 6.14. The first-order chi connectivity index (χ1) is 9.13. The van der Waals surface area contributed by atoms with Gasteiger partial charge in [-0.3, -0.25) is 0 Å². The third-order valence-electron chi connectivity index (χ3n) is 2.06. The van der Waals surface area contributed by atoms with Crippen molar-refractivity contribution in [2.75, 3.05) is 0 Å². The number of aromatic nitrogens is 1. The number of allylic oxidation sites excluding steroid dienone is 1. The SMILES string of the molecule is C=CCCc1cccc[n+]1C=C.O=S(=O)([O-])C(F)(F)F. The molecule has 0 aromatic carbocycles. The van der Waals surface area contributed by atoms with Crippen molar-refractivity contribution in [2.24, 2.45) is 0 Å². The lowest BCUT2D eigenvalue weighted by Gasteiger charge is -2.08. The average molecular weight is 309 g/mol. The molecule has 0 N–H and O–H groups in total. The quantitative estimate of drug-likeness (QED) is 0.371. The highest BCUT2D eigenvalue weighted by molar-refractivity contribution is 7.86. The van der Waals surface area contributed by atoms with Gasteiger partial charge in [-0.2, -0.15) is 17.7 Å². The van der Waals surface area contributed by atoms with Gasteiger partial charge in [0.15, 0.2) is 28.2 Å². The van der Waals surface area contributed by atoms with Crippen LogP contribution in [0.3, 0.4) is 0 Å². The van der Waals surface area contributed by atoms with Crippen molar-refractivity contribution >= 4 is 16.3 Å². The molecule has 0 aliphatic rings. The van der Waals surface area contributed by atoms with Crippen LogP contribution in [-0.4, -0.2) is 18.5 Å². The van der Waals surface area contributed by atoms with Crippen LogP contribution in [0.5, 0.6) is 0 Å². The van der Waals surface area contributed by atoms with Crippen LogP contribution in [0.15, 0.2) is 43.6 Å². The predicted molar refractivity (Wildman–Crippen MR) is 67.3 cm³/mol. The van der Waals surface area contributed by atoms with Crippen LogP contribution in [0.4, 0.5) is 13.2 Å². The number of pyridine rings is 1. The van der Waals surface area contributed by atoms with Crippen LogP contribution in [-0.2, 0) is 16.5 Å². The standard InChI is InChI=1S/C11H14N.CHF3O3S/c1-3-5-8-11-9-6-7-10-12(11)4-2;2-1(3,4)8(5,6)7/h3-4,6-7,9-10H,1-2,5,8H2;(H,5,6,7)/q+1;/p-1. The van der Waals surface area contributed by atoms with Crippen LogP contribution in [0, 0.1) is 0 Å². The van der Waals surface area contributed by atoms with Gasteiger partial charge in [0, 0.05) is 18.6 Å². The van der Waals surface area contributed by atoms with E-state index in [1.54, 1.807) is 0 Å². The van der Waals surface area contributed by atoms with Crippen LogP contribution in [0.1, 0.15) is 12.1 Å². The fourth-order valence-electron chi connectivity index (χ4n) is 1.13. The molecule has 0 radical (unpaired) electrons. The maximum Gasteiger partial charge on any atom is 0.485 e. The van der Waals surface area contributed by atoms with E-state index in [4.69, 9.17) is 13.0 Å². The van der Waals surface area contributed by atoms with Gasteiger partial charge in [0.05, 0.1) is 0 Å². The van der Waals surface area contributed by atoms with Crippen molar-refractivity contribution in [1.82, 2.24) is 0 Å². The lowest BCUT2D eigenvalue weighted by Crippen LogP contribution is -2.30. The largest absolute Gasteiger partial charge is 0.741 e. The second kappa shape index (κ2) is 7.81. The van der Waals surface area contributed by atoms with Crippen molar-refractivity contribution in [3.8, 4) is 0 Å². The fourth-order valence-corrected chi connectivity index (χ4v) is 1.13. The van der Waals surface area contributed by atoms with Crippen molar-refractivity contribution < 1.29 is 30.7 Å². The molecule has 0 saturated carbocycles. The summed E-state index contributed by atoms with van der Waals surface area (Å²) in [6.45, 7) is 7.43. The van der Waals surface area contributed by atoms with E-state index >= 15 is 0 Å². The zero-order chi connectivity index (χ0) is 15.8. The summed E-state index contributed by atoms with van der Waals surface area (Å²) in [6.07, 6.45) is 7.79. The van der Waals surface area contributed by atoms with E-state index in [0.717, 1.165) is 12.8 Å². The molecule has 0 atom stereocenters. The number of nitrogens with zero attached hydrogens (tertiary/aromatic N) is 1. The van der Waals surface area contributed by atoms with Crippen LogP contribution in [0.2, 0.25) is 0 Å². The molecule has 0 fully saturated rings. The van der Waals surface area contributed by atoms with Crippen molar-refractivity contribution in [3.05, 3.63) is 49.3 Å². The number of hydrogen-bond acceptors (Lipinski definition) is 3. The highest BCUT2D eigenvalue weighted by Gasteiger charge is 2.36. The summed E-state index contributed by atoms with van der Waals surface area (Å²) in [7, 11) is -6.09. The summed E-state index contributed by atoms with van der Waals surface area (Å²) in [4.78, 5) is 0. The summed E-state index contributed by atoms with van der Waals surface area (Å²) >= 11 is 0. The third kappa shape index (κ3) is 6.48. The van der Waals surface area contributed by atoms with Crippen LogP contribution >= 0.6 is 0 Å². The van der Waals surface area contributed by atoms with Gasteiger partial charge in [-0.1, -0.05) is 12.1 Å². The highest BCUT2D eigenvalue weighted by Crippen LogP contribution is 2.20. The summed E-state index contributed by atoms with van der Waals surface area (Å²) in [5, 5.41) is 0. The average Bonchev–Trinajstić information content (AvgIpc) is 2.35. The molecule has 112 valence electrons. The van der Waals surface area contributed by atoms with Crippen LogP contribution < -0.4 is 4.57 Å². The second-order valence-electron chi connectivity index (χ2n) is 3.51. The summed E-state index contributed by atoms with van der Waals surface area (Å²) < 4.78 is 60.9. The van der Waals surface area contributed by atoms with Gasteiger partial charge >= 0.3 is 5.51 Å². The lowest BCUT2D eigenvalue weighted by atomic mass is 10.2. The molecule has 0 unspecified atom stereocenters. The summed E-state index contributed by atoms with van der Waals surface area (Å²) in [5.74, 6) is 0. The van der Waals surface area contributed by atoms with Gasteiger partial charge in [0.25, 0.3) is 0 Å². The molecule has 0 bridgehead atoms. The van der Waals surface area contributed by atoms with Crippen molar-refractivity contribution in [2.45, 2.75) is 18.3 Å². The Morgan fingerprint density at radius 1 is 1.30 bits per heavy atom. The Hall–Kier alpha value is -1.67. The molecule has 0 aliphatic carbocycles. The molecule has 1 aromatic heterocycles. The van der Waals surface area contributed by atoms with Gasteiger partial charge in [-0.15, -0.1) is 6.58 Å². The smallest absolute Gasteiger partial charge is 0.485 e. The number of aryl methyl sites for hydroxylation is 1. The third-order valence-corrected chi connectivity index (χ3v) is 2.63. The molecular weight excluding hydrogens is 295 g/mol. The topological polar surface area (TPSA) is 61.1 Å². The summed E-state index contributed by atoms with van der Waals surface area (Å²) in [5.41, 5.74) is -4.38. The first-order valence-corrected chi connectivity index (χ1v) is 6.79. The maximum absolute atomic E-state index is 10.7. The van der Waals surface area contributed by atoms with Crippen LogP contribution in [0.25, 0.3) is 6.20 Å². The monoisotopic (exact) mass is 309 g/mol. The molecule has 0 spiro atoms. The lowest BCUT2D eigenvalue weighted by molar-refractivity contribution is -0.577. The molecule has 1 heterocycles. The van der Waals surface area contributed by atoms with Gasteiger partial charge in [0.2, 0.25) is 0 Å². The first kappa shape index (κ1) is 18.3. The zero-order valence-corrected chi connectivity index (χ0v) is 11.3. The number of alkyl halides is 3. The molecule has 1 rings (SSSR count). The van der Waals surface area contributed by atoms with Gasteiger partial charge in [0.1, 0.15) is 0 Å². The molecule has 8 heteroatoms. The maximum atomic E-state index is 10.7. The Labute approximate surface area is 115 Å². The molecule has 0 aliphatic heterocycles. The zero-order valence-electron chi connectivity index (χ0n) is 10.5. The molecule has 0 saturated heterocycles. The predicted octanol–water partition coefficient (Wildman–Crippen LogP) is 2.24. The van der Waals surface area contributed by atoms with E-state index in [1.165, 1.54) is 5.69 Å². The molecule has 0 amide bonds. The number of rotatable bonds is 4. The number of hydrogen-bond donors (Lipinski definition) is 0. The van der Waals surface area contributed by atoms with Gasteiger partial charge < -0.3 is 4.55 Å². The minimum Gasteiger partial charge on any atom is -0.741 e. The van der Waals surface area contributed by atoms with Gasteiger partial charge in [-0.25, -0.2) is 8.42 Å². The Balaban J connectivity index is 0.000000396. The minimum absolute atomic E-state index is 1.01. The van der Waals surface area contributed by atoms with E-state index < -0.39 is 15.6 Å². The Morgan fingerprint density at radius 2 is 1.85 bits per heavy atom. The Bertz CT molecular complexity index is 553. The van der Waals surface area contributed by atoms with E-state index in [9.17, 15) is 13.2 Å². The van der Waals surface area contributed by atoms with E-state index in [2.05, 4.69) is 19.2 Å². The Morgan fingerprint density at radius 3 is 2.25 bits per heavy atom. The molecule has 1 aromatic rings. The molecular formula is C12H14F3NO3S. The molecule has 4 nitrogen and oxygen atoms in total. The van der Waals surface area contributed by atoms with Crippen molar-refractivity contribution in [1.29, 1.82) is 0 Å². The normalized spacial score (nSPS) is 11.2.